The third-order valence-corrected chi connectivity index (χ3v) is 4.87. The van der Waals surface area contributed by atoms with Crippen LogP contribution in [0.1, 0.15) is 12.8 Å². The third kappa shape index (κ3) is 4.46. The average molecular weight is 387 g/mol. The molecule has 28 heavy (non-hydrogen) atoms. The van der Waals surface area contributed by atoms with Crippen molar-refractivity contribution in [2.45, 2.75) is 18.9 Å². The number of guanidine groups is 1. The van der Waals surface area contributed by atoms with E-state index in [1.54, 1.807) is 32.4 Å². The van der Waals surface area contributed by atoms with E-state index in [0.29, 0.717) is 55.9 Å². The molecule has 2 saturated heterocycles. The highest BCUT2D eigenvalue weighted by Crippen LogP contribution is 2.31. The van der Waals surface area contributed by atoms with Gasteiger partial charge in [-0.05, 0) is 25.0 Å². The van der Waals surface area contributed by atoms with E-state index < -0.39 is 0 Å². The summed E-state index contributed by atoms with van der Waals surface area (Å²) in [5.74, 6) is 1.67. The molecule has 2 fully saturated rings. The number of methoxy groups -OCH3 is 2. The van der Waals surface area contributed by atoms with Crippen LogP contribution in [-0.2, 0) is 9.53 Å². The van der Waals surface area contributed by atoms with Crippen LogP contribution < -0.4 is 14.8 Å². The molecule has 2 aliphatic rings. The summed E-state index contributed by atoms with van der Waals surface area (Å²) >= 11 is 0. The van der Waals surface area contributed by atoms with E-state index in [0.717, 1.165) is 12.8 Å². The summed E-state index contributed by atoms with van der Waals surface area (Å²) in [6.45, 7) is 2.95. The van der Waals surface area contributed by atoms with Gasteiger partial charge >= 0.3 is 0 Å². The fourth-order valence-corrected chi connectivity index (χ4v) is 3.36. The van der Waals surface area contributed by atoms with Gasteiger partial charge in [0.1, 0.15) is 6.10 Å². The average Bonchev–Trinajstić information content (AvgIpc) is 3.28. The molecule has 1 N–H and O–H groups in total. The van der Waals surface area contributed by atoms with Crippen molar-refractivity contribution in [3.63, 3.8) is 0 Å². The number of hydrogen-bond acceptors (Lipinski definition) is 6. The van der Waals surface area contributed by atoms with Crippen LogP contribution in [0.25, 0.3) is 0 Å². The number of aliphatic imine (C=N–C) groups is 1. The maximum Gasteiger partial charge on any atom is 0.251 e. The molecule has 9 heteroatoms. The molecule has 0 bridgehead atoms. The Morgan fingerprint density at radius 3 is 2.54 bits per heavy atom. The molecule has 2 aliphatic heterocycles. The summed E-state index contributed by atoms with van der Waals surface area (Å²) in [6.07, 6.45) is 3.36. The minimum atomic E-state index is -0.302. The van der Waals surface area contributed by atoms with Gasteiger partial charge in [-0.3, -0.25) is 10.1 Å². The van der Waals surface area contributed by atoms with Gasteiger partial charge in [-0.1, -0.05) is 0 Å². The molecule has 0 radical (unpaired) electrons. The Kier molecular flexibility index (Phi) is 6.55. The van der Waals surface area contributed by atoms with Gasteiger partial charge < -0.3 is 24.0 Å². The second kappa shape index (κ2) is 9.28. The van der Waals surface area contributed by atoms with E-state index in [2.05, 4.69) is 10.3 Å². The highest BCUT2D eigenvalue weighted by molar-refractivity contribution is 5.85. The minimum absolute atomic E-state index is 0.0590. The zero-order valence-electron chi connectivity index (χ0n) is 16.2. The summed E-state index contributed by atoms with van der Waals surface area (Å²) in [7, 11) is 3.13. The molecule has 2 heterocycles. The van der Waals surface area contributed by atoms with Gasteiger partial charge in [-0.15, -0.1) is 0 Å². The second-order valence-electron chi connectivity index (χ2n) is 6.53. The molecule has 0 aromatic heterocycles. The van der Waals surface area contributed by atoms with E-state index in [1.807, 2.05) is 16.0 Å². The molecule has 0 aliphatic carbocycles. The molecule has 1 aromatic carbocycles. The Bertz CT molecular complexity index is 762. The SMILES string of the molecule is COc1ccc(N=C(NC#N)N2CCN(C(=O)C3CCCO3)CC2)cc1OC. The largest absolute Gasteiger partial charge is 0.493 e. The van der Waals surface area contributed by atoms with Crippen LogP contribution in [0.2, 0.25) is 0 Å². The number of carbonyl (C=O) groups excluding carboxylic acids is 1. The van der Waals surface area contributed by atoms with Crippen LogP contribution in [-0.4, -0.2) is 74.8 Å². The summed E-state index contributed by atoms with van der Waals surface area (Å²) in [5, 5.41) is 11.8. The van der Waals surface area contributed by atoms with Gasteiger partial charge in [0, 0.05) is 38.9 Å². The van der Waals surface area contributed by atoms with Crippen LogP contribution >= 0.6 is 0 Å². The van der Waals surface area contributed by atoms with Crippen molar-refractivity contribution >= 4 is 17.6 Å². The first-order chi connectivity index (χ1) is 13.7. The van der Waals surface area contributed by atoms with Crippen molar-refractivity contribution in [1.82, 2.24) is 15.1 Å². The minimum Gasteiger partial charge on any atom is -0.493 e. The van der Waals surface area contributed by atoms with Gasteiger partial charge in [-0.2, -0.15) is 5.26 Å². The Labute approximate surface area is 164 Å². The number of hydrogen-bond donors (Lipinski definition) is 1. The Hall–Kier alpha value is -2.99. The summed E-state index contributed by atoms with van der Waals surface area (Å²) in [6, 6.07) is 5.30. The first kappa shape index (κ1) is 19.8. The number of amides is 1. The predicted molar refractivity (Wildman–Crippen MR) is 103 cm³/mol. The molecule has 1 atom stereocenters. The number of ether oxygens (including phenoxy) is 3. The number of nitrogens with one attached hydrogen (secondary N) is 1. The van der Waals surface area contributed by atoms with Crippen molar-refractivity contribution in [1.29, 1.82) is 5.26 Å². The van der Waals surface area contributed by atoms with Crippen LogP contribution in [0.3, 0.4) is 0 Å². The number of rotatable bonds is 4. The first-order valence-electron chi connectivity index (χ1n) is 9.27. The summed E-state index contributed by atoms with van der Waals surface area (Å²) < 4.78 is 16.0. The second-order valence-corrected chi connectivity index (χ2v) is 6.53. The molecule has 0 saturated carbocycles. The summed E-state index contributed by atoms with van der Waals surface area (Å²) in [5.41, 5.74) is 0.633. The van der Waals surface area contributed by atoms with Gasteiger partial charge in [-0.25, -0.2) is 4.99 Å². The highest BCUT2D eigenvalue weighted by Gasteiger charge is 2.31. The Morgan fingerprint density at radius 2 is 1.93 bits per heavy atom. The zero-order valence-corrected chi connectivity index (χ0v) is 16.2. The number of benzene rings is 1. The lowest BCUT2D eigenvalue weighted by Gasteiger charge is -2.36. The van der Waals surface area contributed by atoms with E-state index in [-0.39, 0.29) is 12.0 Å². The number of piperazine rings is 1. The predicted octanol–water partition coefficient (Wildman–Crippen LogP) is 1.09. The fraction of sp³-hybridized carbons (Fsp3) is 0.526. The normalized spacial score (nSPS) is 19.9. The molecule has 0 spiro atoms. The topological polar surface area (TPSA) is 99.4 Å². The first-order valence-corrected chi connectivity index (χ1v) is 9.27. The highest BCUT2D eigenvalue weighted by atomic mass is 16.5. The molecular weight excluding hydrogens is 362 g/mol. The number of nitriles is 1. The molecule has 3 rings (SSSR count). The molecule has 9 nitrogen and oxygen atoms in total. The van der Waals surface area contributed by atoms with Crippen LogP contribution in [0.15, 0.2) is 23.2 Å². The van der Waals surface area contributed by atoms with Crippen molar-refractivity contribution in [2.24, 2.45) is 4.99 Å². The summed E-state index contributed by atoms with van der Waals surface area (Å²) in [4.78, 5) is 20.8. The van der Waals surface area contributed by atoms with Crippen molar-refractivity contribution in [2.75, 3.05) is 47.0 Å². The van der Waals surface area contributed by atoms with Crippen LogP contribution in [0.5, 0.6) is 11.5 Å². The standard InChI is InChI=1S/C19H25N5O4/c1-26-15-6-5-14(12-17(15)27-2)22-19(21-13-20)24-9-7-23(8-10-24)18(25)16-4-3-11-28-16/h5-6,12,16H,3-4,7-11H2,1-2H3,(H,21,22). The van der Waals surface area contributed by atoms with Crippen molar-refractivity contribution < 1.29 is 19.0 Å². The maximum absolute atomic E-state index is 12.5. The van der Waals surface area contributed by atoms with Crippen LogP contribution in [0, 0.1) is 11.5 Å². The van der Waals surface area contributed by atoms with E-state index in [4.69, 9.17) is 19.5 Å². The monoisotopic (exact) mass is 387 g/mol. The molecule has 1 amide bonds. The van der Waals surface area contributed by atoms with Crippen molar-refractivity contribution in [3.8, 4) is 17.7 Å². The number of carbonyl (C=O) groups is 1. The van der Waals surface area contributed by atoms with Gasteiger partial charge in [0.15, 0.2) is 17.7 Å². The van der Waals surface area contributed by atoms with Gasteiger partial charge in [0.05, 0.1) is 19.9 Å². The smallest absolute Gasteiger partial charge is 0.251 e. The zero-order chi connectivity index (χ0) is 19.9. The van der Waals surface area contributed by atoms with Gasteiger partial charge in [0.2, 0.25) is 5.96 Å². The molecule has 1 aromatic rings. The van der Waals surface area contributed by atoms with E-state index >= 15 is 0 Å². The lowest BCUT2D eigenvalue weighted by Crippen LogP contribution is -2.54. The number of nitrogens with zero attached hydrogens (tertiary/aromatic N) is 4. The lowest BCUT2D eigenvalue weighted by molar-refractivity contribution is -0.142. The Morgan fingerprint density at radius 1 is 1.21 bits per heavy atom. The lowest BCUT2D eigenvalue weighted by atomic mass is 10.2. The van der Waals surface area contributed by atoms with Crippen molar-refractivity contribution in [3.05, 3.63) is 18.2 Å². The molecular formula is C19H25N5O4. The quantitative estimate of drug-likeness (QED) is 0.357. The molecule has 150 valence electrons. The third-order valence-electron chi connectivity index (χ3n) is 4.87. The molecule has 1 unspecified atom stereocenters. The Balaban J connectivity index is 1.68. The van der Waals surface area contributed by atoms with E-state index in [9.17, 15) is 4.79 Å². The van der Waals surface area contributed by atoms with E-state index in [1.165, 1.54) is 0 Å². The maximum atomic E-state index is 12.5. The van der Waals surface area contributed by atoms with Crippen LogP contribution in [0.4, 0.5) is 5.69 Å². The van der Waals surface area contributed by atoms with Gasteiger partial charge in [0.25, 0.3) is 5.91 Å². The fourth-order valence-electron chi connectivity index (χ4n) is 3.36.